The molecule has 1 rings (SSSR count). The van der Waals surface area contributed by atoms with Gasteiger partial charge in [0.2, 0.25) is 0 Å². The second-order valence-corrected chi connectivity index (χ2v) is 6.64. The third-order valence-electron chi connectivity index (χ3n) is 2.01. The van der Waals surface area contributed by atoms with Crippen molar-refractivity contribution < 1.29 is 35.2 Å². The van der Waals surface area contributed by atoms with Gasteiger partial charge in [0, 0.05) is 33.3 Å². The van der Waals surface area contributed by atoms with E-state index in [1.807, 2.05) is 0 Å². The molecule has 0 N–H and O–H groups in total. The summed E-state index contributed by atoms with van der Waals surface area (Å²) in [5, 5.41) is 0. The van der Waals surface area contributed by atoms with Gasteiger partial charge in [0.15, 0.2) is 5.75 Å². The van der Waals surface area contributed by atoms with Gasteiger partial charge in [-0.25, -0.2) is 0 Å². The van der Waals surface area contributed by atoms with Crippen molar-refractivity contribution in [1.82, 2.24) is 0 Å². The van der Waals surface area contributed by atoms with Gasteiger partial charge in [-0.15, -0.1) is 0 Å². The molecular weight excluding hydrogens is 436 g/mol. The average molecular weight is 444 g/mol. The van der Waals surface area contributed by atoms with Crippen LogP contribution in [0.25, 0.3) is 0 Å². The van der Waals surface area contributed by atoms with Gasteiger partial charge in [-0.05, 0) is 8.93 Å². The highest BCUT2D eigenvalue weighted by atomic mass is 127. The Kier molecular flexibility index (Phi) is 5.66. The van der Waals surface area contributed by atoms with Crippen LogP contribution in [-0.4, -0.2) is 28.1 Å². The van der Waals surface area contributed by atoms with Gasteiger partial charge in [-0.1, -0.05) is 0 Å². The predicted molar refractivity (Wildman–Crippen MR) is 75.0 cm³/mol. The second-order valence-electron chi connectivity index (χ2n) is 3.22. The van der Waals surface area contributed by atoms with Gasteiger partial charge < -0.3 is 13.7 Å². The van der Waals surface area contributed by atoms with Crippen molar-refractivity contribution in [1.29, 1.82) is 0 Å². The molecule has 1 aromatic carbocycles. The van der Waals surface area contributed by atoms with E-state index in [0.717, 1.165) is 15.0 Å². The molecule has 20 heavy (non-hydrogen) atoms. The first-order chi connectivity index (χ1) is 9.16. The fraction of sp³-hybridized carbons (Fsp3) is 0.333. The van der Waals surface area contributed by atoms with Crippen LogP contribution in [0.2, 0.25) is 0 Å². The van der Waals surface area contributed by atoms with Crippen LogP contribution in [0, 0.1) is 0 Å². The smallest absolute Gasteiger partial charge is 0.496 e. The third kappa shape index (κ3) is 3.75. The topological polar surface area (TPSA) is 61.8 Å². The molecule has 114 valence electrons. The van der Waals surface area contributed by atoms with E-state index < -0.39 is 21.4 Å². The zero-order valence-corrected chi connectivity index (χ0v) is 13.8. The minimum atomic E-state index is -5.76. The van der Waals surface area contributed by atoms with Gasteiger partial charge in [0.05, 0.1) is 14.2 Å². The number of ether oxygens (including phenoxy) is 2. The molecule has 0 saturated heterocycles. The molecule has 0 amide bonds. The van der Waals surface area contributed by atoms with E-state index in [2.05, 4.69) is 4.18 Å². The van der Waals surface area contributed by atoms with E-state index in [1.54, 1.807) is 21.2 Å². The summed E-state index contributed by atoms with van der Waals surface area (Å²) in [5.41, 5.74) is -5.52. The molecule has 0 aliphatic carbocycles. The van der Waals surface area contributed by atoms with Crippen molar-refractivity contribution in [2.24, 2.45) is 0 Å². The maximum Gasteiger partial charge on any atom is 0.534 e. The maximum atomic E-state index is 12.3. The van der Waals surface area contributed by atoms with Crippen molar-refractivity contribution in [3.63, 3.8) is 0 Å². The van der Waals surface area contributed by atoms with Crippen LogP contribution in [0.5, 0.6) is 17.2 Å². The number of hydrogen-bond donors (Lipinski definition) is 0. The summed E-state index contributed by atoms with van der Waals surface area (Å²) in [7, 11) is -2.25. The molecule has 0 saturated carbocycles. The van der Waals surface area contributed by atoms with Crippen molar-refractivity contribution in [2.75, 3.05) is 14.2 Å². The molecule has 11 heteroatoms. The summed E-state index contributed by atoms with van der Waals surface area (Å²) >= 11 is 1.76. The zero-order valence-electron chi connectivity index (χ0n) is 10.0. The molecule has 5 nitrogen and oxygen atoms in total. The molecule has 1 aromatic rings. The molecule has 0 radical (unpaired) electrons. The van der Waals surface area contributed by atoms with Crippen LogP contribution in [0.4, 0.5) is 13.2 Å². The van der Waals surface area contributed by atoms with Crippen LogP contribution >= 0.6 is 30.1 Å². The van der Waals surface area contributed by atoms with Crippen molar-refractivity contribution in [3.8, 4) is 17.2 Å². The molecule has 0 bridgehead atoms. The molecule has 0 heterocycles. The van der Waals surface area contributed by atoms with E-state index in [-0.39, 0.29) is 16.4 Å². The number of hydrogen-bond acceptors (Lipinski definition) is 6. The number of benzene rings is 1. The summed E-state index contributed by atoms with van der Waals surface area (Å²) in [4.78, 5) is 0.0988. The Labute approximate surface area is 129 Å². The lowest BCUT2D eigenvalue weighted by Crippen LogP contribution is -2.28. The molecular formula is C9H8F3IO5S2. The van der Waals surface area contributed by atoms with Gasteiger partial charge in [0.1, 0.15) is 16.4 Å². The highest BCUT2D eigenvalue weighted by Gasteiger charge is 2.49. The first-order valence-corrected chi connectivity index (χ1v) is 9.48. The number of alkyl halides is 3. The van der Waals surface area contributed by atoms with Crippen LogP contribution in [-0.2, 0) is 10.1 Å². The Balaban J connectivity index is 3.37. The standard InChI is InChI=1S/C9H8F3IO5S2/c1-16-5-3-6(17-2)8(19-13)7(4-5)18-20(14,15)9(10,11)12/h3-4H,1-2H3. The normalized spacial score (nSPS) is 12.1. The minimum absolute atomic E-state index is 0.0988. The molecule has 0 unspecified atom stereocenters. The van der Waals surface area contributed by atoms with Crippen LogP contribution in [0.3, 0.4) is 0 Å². The quantitative estimate of drug-likeness (QED) is 0.395. The largest absolute Gasteiger partial charge is 0.534 e. The lowest BCUT2D eigenvalue weighted by Gasteiger charge is -2.15. The van der Waals surface area contributed by atoms with Crippen LogP contribution in [0.1, 0.15) is 0 Å². The van der Waals surface area contributed by atoms with Crippen LogP contribution < -0.4 is 13.7 Å². The first kappa shape index (κ1) is 17.5. The van der Waals surface area contributed by atoms with Gasteiger partial charge in [-0.3, -0.25) is 0 Å². The third-order valence-corrected chi connectivity index (χ3v) is 4.85. The van der Waals surface area contributed by atoms with Crippen LogP contribution in [0.15, 0.2) is 17.0 Å². The van der Waals surface area contributed by atoms with E-state index in [0.29, 0.717) is 0 Å². The monoisotopic (exact) mass is 444 g/mol. The summed E-state index contributed by atoms with van der Waals surface area (Å²) < 4.78 is 73.0. The zero-order chi connectivity index (χ0) is 15.6. The second kappa shape index (κ2) is 6.47. The number of methoxy groups -OCH3 is 2. The van der Waals surface area contributed by atoms with Gasteiger partial charge in [-0.2, -0.15) is 21.6 Å². The van der Waals surface area contributed by atoms with E-state index in [4.69, 9.17) is 9.47 Å². The lowest BCUT2D eigenvalue weighted by molar-refractivity contribution is -0.0501. The van der Waals surface area contributed by atoms with E-state index in [9.17, 15) is 21.6 Å². The lowest BCUT2D eigenvalue weighted by atomic mass is 10.3. The minimum Gasteiger partial charge on any atom is -0.496 e. The average Bonchev–Trinajstić information content (AvgIpc) is 2.35. The Morgan fingerprint density at radius 2 is 1.70 bits per heavy atom. The summed E-state index contributed by atoms with van der Waals surface area (Å²) in [5.74, 6) is -0.280. The first-order valence-electron chi connectivity index (χ1n) is 4.71. The Morgan fingerprint density at radius 1 is 1.15 bits per heavy atom. The van der Waals surface area contributed by atoms with Gasteiger partial charge in [0.25, 0.3) is 0 Å². The molecule has 0 aromatic heterocycles. The highest BCUT2D eigenvalue weighted by molar-refractivity contribution is 14.2. The van der Waals surface area contributed by atoms with E-state index in [1.165, 1.54) is 20.3 Å². The van der Waals surface area contributed by atoms with E-state index >= 15 is 0 Å². The van der Waals surface area contributed by atoms with Crippen molar-refractivity contribution in [3.05, 3.63) is 12.1 Å². The van der Waals surface area contributed by atoms with Gasteiger partial charge >= 0.3 is 15.6 Å². The van der Waals surface area contributed by atoms with Crippen molar-refractivity contribution >= 4 is 40.3 Å². The molecule has 0 spiro atoms. The predicted octanol–water partition coefficient (Wildman–Crippen LogP) is 3.37. The summed E-state index contributed by atoms with van der Waals surface area (Å²) in [6.45, 7) is 0. The van der Waals surface area contributed by atoms with Crippen molar-refractivity contribution in [2.45, 2.75) is 10.4 Å². The Bertz CT molecular complexity index is 588. The summed E-state index contributed by atoms with van der Waals surface area (Å²) in [6.07, 6.45) is 0. The Hall–Kier alpha value is -0.560. The molecule has 0 fully saturated rings. The molecule has 0 aliphatic rings. The maximum absolute atomic E-state index is 12.3. The summed E-state index contributed by atoms with van der Waals surface area (Å²) in [6, 6.07) is 2.43. The Morgan fingerprint density at radius 3 is 2.10 bits per heavy atom. The highest BCUT2D eigenvalue weighted by Crippen LogP contribution is 2.45. The SMILES string of the molecule is COc1cc(OC)c(SI)c(OS(=O)(=O)C(F)(F)F)c1. The number of rotatable bonds is 5. The fourth-order valence-electron chi connectivity index (χ4n) is 1.13. The molecule has 0 atom stereocenters. The fourth-order valence-corrected chi connectivity index (χ4v) is 3.34. The molecule has 0 aliphatic heterocycles. The number of halogens is 4.